The van der Waals surface area contributed by atoms with Crippen molar-refractivity contribution in [1.29, 1.82) is 0 Å². The highest BCUT2D eigenvalue weighted by molar-refractivity contribution is 7.99. The average Bonchev–Trinajstić information content (AvgIpc) is 3.25. The minimum Gasteiger partial charge on any atom is -0.467 e. The Labute approximate surface area is 160 Å². The Hall–Kier alpha value is -1.47. The summed E-state index contributed by atoms with van der Waals surface area (Å²) in [6.07, 6.45) is 5.98. The summed E-state index contributed by atoms with van der Waals surface area (Å²) in [7, 11) is 0. The maximum atomic E-state index is 8.91. The van der Waals surface area contributed by atoms with Gasteiger partial charge in [0.15, 0.2) is 5.16 Å². The zero-order valence-electron chi connectivity index (χ0n) is 15.8. The van der Waals surface area contributed by atoms with Crippen LogP contribution in [0.15, 0.2) is 28.0 Å². The molecule has 1 N–H and O–H groups in total. The summed E-state index contributed by atoms with van der Waals surface area (Å²) in [6.45, 7) is 7.62. The van der Waals surface area contributed by atoms with Crippen molar-refractivity contribution in [2.75, 3.05) is 30.3 Å². The number of anilines is 1. The number of rotatable bonds is 9. The van der Waals surface area contributed by atoms with Crippen LogP contribution in [0.4, 0.5) is 5.95 Å². The first-order chi connectivity index (χ1) is 12.7. The summed E-state index contributed by atoms with van der Waals surface area (Å²) >= 11 is 1.75. The molecule has 1 saturated heterocycles. The number of unbranched alkanes of at least 4 members (excludes halogenated alkanes) is 2. The molecule has 6 nitrogen and oxygen atoms in total. The molecule has 0 spiro atoms. The number of thioether (sulfide) groups is 1. The molecule has 3 heterocycles. The van der Waals surface area contributed by atoms with Gasteiger partial charge in [0, 0.05) is 25.4 Å². The van der Waals surface area contributed by atoms with Crippen LogP contribution in [0.25, 0.3) is 0 Å². The van der Waals surface area contributed by atoms with E-state index in [9.17, 15) is 0 Å². The lowest BCUT2D eigenvalue weighted by Gasteiger charge is -2.35. The van der Waals surface area contributed by atoms with Gasteiger partial charge in [-0.15, -0.1) is 10.2 Å². The molecule has 26 heavy (non-hydrogen) atoms. The van der Waals surface area contributed by atoms with Crippen molar-refractivity contribution in [3.05, 3.63) is 24.2 Å². The normalized spacial score (nSPS) is 20.7. The topological polar surface area (TPSA) is 67.3 Å². The fraction of sp³-hybridized carbons (Fsp3) is 0.684. The summed E-state index contributed by atoms with van der Waals surface area (Å²) < 4.78 is 7.77. The predicted molar refractivity (Wildman–Crippen MR) is 105 cm³/mol. The molecule has 3 rings (SSSR count). The van der Waals surface area contributed by atoms with E-state index in [1.165, 1.54) is 6.42 Å². The molecular formula is C19H30N4O2S. The molecule has 0 bridgehead atoms. The van der Waals surface area contributed by atoms with Crippen molar-refractivity contribution in [2.24, 2.45) is 11.8 Å². The molecule has 7 heteroatoms. The van der Waals surface area contributed by atoms with Gasteiger partial charge >= 0.3 is 0 Å². The molecule has 144 valence electrons. The van der Waals surface area contributed by atoms with E-state index < -0.39 is 0 Å². The molecule has 1 fully saturated rings. The van der Waals surface area contributed by atoms with Gasteiger partial charge in [-0.25, -0.2) is 0 Å². The lowest BCUT2D eigenvalue weighted by atomic mass is 9.92. The summed E-state index contributed by atoms with van der Waals surface area (Å²) in [6, 6.07) is 3.92. The third-order valence-corrected chi connectivity index (χ3v) is 5.83. The summed E-state index contributed by atoms with van der Waals surface area (Å²) in [5, 5.41) is 18.9. The van der Waals surface area contributed by atoms with Gasteiger partial charge in [0.1, 0.15) is 5.76 Å². The van der Waals surface area contributed by atoms with E-state index in [0.717, 1.165) is 55.0 Å². The van der Waals surface area contributed by atoms with E-state index in [0.29, 0.717) is 18.4 Å². The van der Waals surface area contributed by atoms with Crippen LogP contribution in [0, 0.1) is 11.8 Å². The zero-order chi connectivity index (χ0) is 18.4. The maximum absolute atomic E-state index is 8.91. The number of aliphatic hydroxyl groups excluding tert-OH is 1. The van der Waals surface area contributed by atoms with Crippen molar-refractivity contribution < 1.29 is 9.52 Å². The van der Waals surface area contributed by atoms with Crippen molar-refractivity contribution in [1.82, 2.24) is 14.8 Å². The molecule has 2 aromatic heterocycles. The molecule has 2 atom stereocenters. The molecular weight excluding hydrogens is 348 g/mol. The van der Waals surface area contributed by atoms with Gasteiger partial charge in [0.25, 0.3) is 0 Å². The highest BCUT2D eigenvalue weighted by Gasteiger charge is 2.27. The minimum atomic E-state index is 0.273. The number of hydrogen-bond acceptors (Lipinski definition) is 6. The molecule has 2 aromatic rings. The van der Waals surface area contributed by atoms with Crippen LogP contribution in [0.1, 0.15) is 45.3 Å². The SMILES string of the molecule is CC1CC(C)CN(c2nnc(SCCCCCO)n2Cc2ccco2)C1. The molecule has 1 aliphatic heterocycles. The molecule has 0 saturated carbocycles. The smallest absolute Gasteiger partial charge is 0.228 e. The van der Waals surface area contributed by atoms with Gasteiger partial charge in [0.2, 0.25) is 5.95 Å². The Bertz CT molecular complexity index is 649. The quantitative estimate of drug-likeness (QED) is 0.531. The van der Waals surface area contributed by atoms with Crippen LogP contribution < -0.4 is 4.90 Å². The summed E-state index contributed by atoms with van der Waals surface area (Å²) in [5.41, 5.74) is 0. The molecule has 0 radical (unpaired) electrons. The van der Waals surface area contributed by atoms with Gasteiger partial charge in [0.05, 0.1) is 12.8 Å². The van der Waals surface area contributed by atoms with E-state index >= 15 is 0 Å². The first-order valence-corrected chi connectivity index (χ1v) is 10.6. The lowest BCUT2D eigenvalue weighted by Crippen LogP contribution is -2.40. The van der Waals surface area contributed by atoms with Crippen LogP contribution in [0.3, 0.4) is 0 Å². The molecule has 1 aliphatic rings. The Balaban J connectivity index is 1.75. The Morgan fingerprint density at radius 1 is 1.19 bits per heavy atom. The molecule has 2 unspecified atom stereocenters. The van der Waals surface area contributed by atoms with Gasteiger partial charge in [-0.1, -0.05) is 32.0 Å². The Kier molecular flexibility index (Phi) is 7.02. The standard InChI is InChI=1S/C19H30N4O2S/c1-15-11-16(2)13-22(12-15)18-20-21-19(26-10-5-3-4-8-24)23(18)14-17-7-6-9-25-17/h6-7,9,15-16,24H,3-5,8,10-14H2,1-2H3. The van der Waals surface area contributed by atoms with E-state index in [1.54, 1.807) is 18.0 Å². The first-order valence-electron chi connectivity index (χ1n) is 9.61. The Morgan fingerprint density at radius 2 is 2.00 bits per heavy atom. The predicted octanol–water partition coefficient (Wildman–Crippen LogP) is 3.66. The van der Waals surface area contributed by atoms with E-state index in [4.69, 9.17) is 9.52 Å². The molecule has 0 aliphatic carbocycles. The molecule has 0 amide bonds. The van der Waals surface area contributed by atoms with Crippen molar-refractivity contribution in [3.8, 4) is 0 Å². The van der Waals surface area contributed by atoms with Crippen molar-refractivity contribution in [2.45, 2.75) is 51.2 Å². The fourth-order valence-electron chi connectivity index (χ4n) is 3.70. The monoisotopic (exact) mass is 378 g/mol. The molecule has 0 aromatic carbocycles. The fourth-order valence-corrected chi connectivity index (χ4v) is 4.63. The van der Waals surface area contributed by atoms with E-state index in [1.807, 2.05) is 12.1 Å². The third kappa shape index (κ3) is 5.04. The zero-order valence-corrected chi connectivity index (χ0v) is 16.6. The second-order valence-corrected chi connectivity index (χ2v) is 8.49. The van der Waals surface area contributed by atoms with Gasteiger partial charge in [-0.05, 0) is 43.2 Å². The third-order valence-electron chi connectivity index (χ3n) is 4.78. The largest absolute Gasteiger partial charge is 0.467 e. The summed E-state index contributed by atoms with van der Waals surface area (Å²) in [5.74, 6) is 4.21. The number of piperidine rings is 1. The second kappa shape index (κ2) is 9.46. The van der Waals surface area contributed by atoms with Gasteiger partial charge < -0.3 is 14.4 Å². The van der Waals surface area contributed by atoms with Crippen LogP contribution in [-0.4, -0.2) is 45.3 Å². The van der Waals surface area contributed by atoms with E-state index in [2.05, 4.69) is 33.5 Å². The van der Waals surface area contributed by atoms with Crippen LogP contribution in [0.2, 0.25) is 0 Å². The summed E-state index contributed by atoms with van der Waals surface area (Å²) in [4.78, 5) is 2.38. The minimum absolute atomic E-state index is 0.273. The number of furan rings is 1. The Morgan fingerprint density at radius 3 is 2.69 bits per heavy atom. The van der Waals surface area contributed by atoms with Crippen LogP contribution >= 0.6 is 11.8 Å². The van der Waals surface area contributed by atoms with Crippen molar-refractivity contribution in [3.63, 3.8) is 0 Å². The highest BCUT2D eigenvalue weighted by atomic mass is 32.2. The maximum Gasteiger partial charge on any atom is 0.228 e. The number of aliphatic hydroxyl groups is 1. The van der Waals surface area contributed by atoms with Crippen LogP contribution in [0.5, 0.6) is 0 Å². The van der Waals surface area contributed by atoms with Crippen molar-refractivity contribution >= 4 is 17.7 Å². The lowest BCUT2D eigenvalue weighted by molar-refractivity contribution is 0.284. The van der Waals surface area contributed by atoms with Crippen LogP contribution in [-0.2, 0) is 6.54 Å². The number of hydrogen-bond donors (Lipinski definition) is 1. The number of nitrogens with zero attached hydrogens (tertiary/aromatic N) is 4. The van der Waals surface area contributed by atoms with Gasteiger partial charge in [-0.3, -0.25) is 4.57 Å². The highest BCUT2D eigenvalue weighted by Crippen LogP contribution is 2.29. The average molecular weight is 379 g/mol. The van der Waals surface area contributed by atoms with E-state index in [-0.39, 0.29) is 6.61 Å². The second-order valence-electron chi connectivity index (χ2n) is 7.43. The number of aromatic nitrogens is 3. The first kappa shape index (κ1) is 19.3. The van der Waals surface area contributed by atoms with Gasteiger partial charge in [-0.2, -0.15) is 0 Å².